The van der Waals surface area contributed by atoms with Gasteiger partial charge >= 0.3 is 5.97 Å². The number of anilines is 1. The van der Waals surface area contributed by atoms with E-state index >= 15 is 0 Å². The molecule has 0 radical (unpaired) electrons. The van der Waals surface area contributed by atoms with Gasteiger partial charge in [-0.05, 0) is 30.3 Å². The summed E-state index contributed by atoms with van der Waals surface area (Å²) in [6.45, 7) is 0. The fourth-order valence-electron chi connectivity index (χ4n) is 2.29. The van der Waals surface area contributed by atoms with Gasteiger partial charge in [-0.1, -0.05) is 22.8 Å². The summed E-state index contributed by atoms with van der Waals surface area (Å²) in [5.41, 5.74) is 1.07. The first-order valence-electron chi connectivity index (χ1n) is 7.98. The Bertz CT molecular complexity index is 959. The molecule has 27 heavy (non-hydrogen) atoms. The third-order valence-electron chi connectivity index (χ3n) is 3.59. The number of hydrogen-bond acceptors (Lipinski definition) is 7. The van der Waals surface area contributed by atoms with Crippen LogP contribution in [-0.2, 0) is 16.0 Å². The molecule has 0 aliphatic heterocycles. The van der Waals surface area contributed by atoms with Crippen molar-refractivity contribution < 1.29 is 18.8 Å². The number of amides is 1. The minimum atomic E-state index is -0.593. The summed E-state index contributed by atoms with van der Waals surface area (Å²) >= 11 is 5.90. The van der Waals surface area contributed by atoms with E-state index in [-0.39, 0.29) is 24.3 Å². The molecule has 8 nitrogen and oxygen atoms in total. The van der Waals surface area contributed by atoms with Crippen molar-refractivity contribution in [2.24, 2.45) is 0 Å². The zero-order chi connectivity index (χ0) is 19.2. The number of aromatic nitrogens is 3. The molecule has 0 saturated carbocycles. The lowest BCUT2D eigenvalue weighted by Crippen LogP contribution is -2.15. The molecule has 2 heterocycles. The Kier molecular flexibility index (Phi) is 5.77. The maximum atomic E-state index is 12.2. The van der Waals surface area contributed by atoms with Crippen molar-refractivity contribution >= 4 is 29.2 Å². The first-order chi connectivity index (χ1) is 13.1. The average Bonchev–Trinajstić information content (AvgIpc) is 3.17. The molecule has 1 aromatic carbocycles. The molecule has 0 saturated heterocycles. The number of aryl methyl sites for hydroxylation is 1. The van der Waals surface area contributed by atoms with Gasteiger partial charge in [-0.2, -0.15) is 4.98 Å². The highest BCUT2D eigenvalue weighted by Crippen LogP contribution is 2.22. The van der Waals surface area contributed by atoms with Gasteiger partial charge in [0.15, 0.2) is 0 Å². The number of halogens is 1. The SMILES string of the molecule is COC(=O)c1cc(Cl)ccc1NC(=O)CCc1nc(-c2ccccn2)no1. The van der Waals surface area contributed by atoms with Crippen molar-refractivity contribution in [1.29, 1.82) is 0 Å². The maximum absolute atomic E-state index is 12.2. The van der Waals surface area contributed by atoms with Crippen molar-refractivity contribution in [1.82, 2.24) is 15.1 Å². The lowest BCUT2D eigenvalue weighted by molar-refractivity contribution is -0.116. The number of benzene rings is 1. The van der Waals surface area contributed by atoms with Gasteiger partial charge in [0, 0.05) is 24.1 Å². The molecule has 0 aliphatic carbocycles. The predicted molar refractivity (Wildman–Crippen MR) is 97.3 cm³/mol. The van der Waals surface area contributed by atoms with Crippen molar-refractivity contribution in [3.8, 4) is 11.5 Å². The Morgan fingerprint density at radius 3 is 2.85 bits per heavy atom. The maximum Gasteiger partial charge on any atom is 0.340 e. The number of carbonyl (C=O) groups excluding carboxylic acids is 2. The monoisotopic (exact) mass is 386 g/mol. The van der Waals surface area contributed by atoms with Gasteiger partial charge in [-0.3, -0.25) is 9.78 Å². The van der Waals surface area contributed by atoms with Crippen molar-refractivity contribution in [2.75, 3.05) is 12.4 Å². The topological polar surface area (TPSA) is 107 Å². The molecule has 3 aromatic rings. The number of rotatable bonds is 6. The third-order valence-corrected chi connectivity index (χ3v) is 3.82. The Labute approximate surface area is 159 Å². The second-order valence-electron chi connectivity index (χ2n) is 5.46. The molecule has 0 bridgehead atoms. The highest BCUT2D eigenvalue weighted by molar-refractivity contribution is 6.31. The summed E-state index contributed by atoms with van der Waals surface area (Å²) < 4.78 is 9.84. The summed E-state index contributed by atoms with van der Waals surface area (Å²) in [6, 6.07) is 9.90. The van der Waals surface area contributed by atoms with Crippen molar-refractivity contribution in [2.45, 2.75) is 12.8 Å². The van der Waals surface area contributed by atoms with Gasteiger partial charge in [0.05, 0.1) is 18.4 Å². The molecule has 0 atom stereocenters. The molecule has 3 rings (SSSR count). The smallest absolute Gasteiger partial charge is 0.340 e. The van der Waals surface area contributed by atoms with E-state index in [1.807, 2.05) is 6.07 Å². The second kappa shape index (κ2) is 8.41. The van der Waals surface area contributed by atoms with E-state index in [9.17, 15) is 9.59 Å². The first kappa shape index (κ1) is 18.5. The molecule has 0 fully saturated rings. The Hall–Kier alpha value is -3.26. The van der Waals surface area contributed by atoms with E-state index in [0.29, 0.717) is 28.1 Å². The molecular formula is C18H15ClN4O4. The molecule has 138 valence electrons. The summed E-state index contributed by atoms with van der Waals surface area (Å²) in [6.07, 6.45) is 1.96. The van der Waals surface area contributed by atoms with E-state index in [0.717, 1.165) is 0 Å². The molecular weight excluding hydrogens is 372 g/mol. The van der Waals surface area contributed by atoms with Gasteiger partial charge < -0.3 is 14.6 Å². The minimum Gasteiger partial charge on any atom is -0.465 e. The Balaban J connectivity index is 1.63. The first-order valence-corrected chi connectivity index (χ1v) is 8.36. The van der Waals surface area contributed by atoms with Crippen molar-refractivity contribution in [3.05, 3.63) is 59.1 Å². The fourth-order valence-corrected chi connectivity index (χ4v) is 2.47. The number of nitrogens with zero attached hydrogens (tertiary/aromatic N) is 3. The van der Waals surface area contributed by atoms with E-state index in [1.165, 1.54) is 13.2 Å². The molecule has 0 unspecified atom stereocenters. The van der Waals surface area contributed by atoms with Crippen LogP contribution in [0.5, 0.6) is 0 Å². The zero-order valence-corrected chi connectivity index (χ0v) is 15.1. The van der Waals surface area contributed by atoms with Gasteiger partial charge in [0.2, 0.25) is 17.6 Å². The van der Waals surface area contributed by atoms with Crippen molar-refractivity contribution in [3.63, 3.8) is 0 Å². The summed E-state index contributed by atoms with van der Waals surface area (Å²) in [5, 5.41) is 6.87. The van der Waals surface area contributed by atoms with Crippen LogP contribution < -0.4 is 5.32 Å². The number of nitrogens with one attached hydrogen (secondary N) is 1. The van der Waals surface area contributed by atoms with Crippen LogP contribution in [0.2, 0.25) is 5.02 Å². The van der Waals surface area contributed by atoms with E-state index in [2.05, 4.69) is 20.4 Å². The predicted octanol–water partition coefficient (Wildman–Crippen LogP) is 3.14. The van der Waals surface area contributed by atoms with Crippen LogP contribution in [0.3, 0.4) is 0 Å². The fraction of sp³-hybridized carbons (Fsp3) is 0.167. The van der Waals surface area contributed by atoms with E-state index in [4.69, 9.17) is 20.9 Å². The number of carbonyl (C=O) groups is 2. The third kappa shape index (κ3) is 4.68. The molecule has 1 amide bonds. The number of ether oxygens (including phenoxy) is 1. The standard InChI is InChI=1S/C18H15ClN4O4/c1-26-18(25)12-10-11(19)5-6-13(12)21-15(24)7-8-16-22-17(23-27-16)14-4-2-3-9-20-14/h2-6,9-10H,7-8H2,1H3,(H,21,24). The normalized spacial score (nSPS) is 10.4. The van der Waals surface area contributed by atoms with Gasteiger partial charge in [-0.15, -0.1) is 0 Å². The summed E-state index contributed by atoms with van der Waals surface area (Å²) in [5.74, 6) is -0.239. The van der Waals surface area contributed by atoms with E-state index < -0.39 is 5.97 Å². The summed E-state index contributed by atoms with van der Waals surface area (Å²) in [4.78, 5) is 32.4. The minimum absolute atomic E-state index is 0.0904. The van der Waals surface area contributed by atoms with Crippen LogP contribution in [0.25, 0.3) is 11.5 Å². The Morgan fingerprint density at radius 2 is 2.11 bits per heavy atom. The van der Waals surface area contributed by atoms with E-state index in [1.54, 1.807) is 30.5 Å². The highest BCUT2D eigenvalue weighted by Gasteiger charge is 2.16. The van der Waals surface area contributed by atoms with Crippen LogP contribution in [0.1, 0.15) is 22.7 Å². The zero-order valence-electron chi connectivity index (χ0n) is 14.3. The van der Waals surface area contributed by atoms with Crippen LogP contribution in [-0.4, -0.2) is 34.1 Å². The van der Waals surface area contributed by atoms with Crippen LogP contribution in [0, 0.1) is 0 Å². The molecule has 2 aromatic heterocycles. The lowest BCUT2D eigenvalue weighted by Gasteiger charge is -2.09. The number of hydrogen-bond donors (Lipinski definition) is 1. The largest absolute Gasteiger partial charge is 0.465 e. The Morgan fingerprint density at radius 1 is 1.26 bits per heavy atom. The second-order valence-corrected chi connectivity index (χ2v) is 5.89. The molecule has 9 heteroatoms. The van der Waals surface area contributed by atoms with Gasteiger partial charge in [0.25, 0.3) is 0 Å². The van der Waals surface area contributed by atoms with Gasteiger partial charge in [-0.25, -0.2) is 4.79 Å². The average molecular weight is 387 g/mol. The molecule has 1 N–H and O–H groups in total. The van der Waals surface area contributed by atoms with Crippen LogP contribution >= 0.6 is 11.6 Å². The number of methoxy groups -OCH3 is 1. The highest BCUT2D eigenvalue weighted by atomic mass is 35.5. The van der Waals surface area contributed by atoms with Crippen LogP contribution in [0.4, 0.5) is 5.69 Å². The molecule has 0 aliphatic rings. The lowest BCUT2D eigenvalue weighted by atomic mass is 10.1. The number of pyridine rings is 1. The quantitative estimate of drug-likeness (QED) is 0.648. The van der Waals surface area contributed by atoms with Gasteiger partial charge in [0.1, 0.15) is 5.69 Å². The van der Waals surface area contributed by atoms with Crippen LogP contribution in [0.15, 0.2) is 47.1 Å². The summed E-state index contributed by atoms with van der Waals surface area (Å²) in [7, 11) is 1.25. The number of esters is 1. The molecule has 0 spiro atoms.